The van der Waals surface area contributed by atoms with Crippen LogP contribution >= 0.6 is 10.7 Å². The molecule has 0 N–H and O–H groups in total. The van der Waals surface area contributed by atoms with Crippen LogP contribution in [-0.2, 0) is 9.05 Å². The number of halogens is 2. The maximum atomic E-state index is 12.4. The fourth-order valence-corrected chi connectivity index (χ4v) is 1.14. The molecule has 0 aromatic carbocycles. The summed E-state index contributed by atoms with van der Waals surface area (Å²) in [6.07, 6.45) is 0.685. The molecule has 0 spiro atoms. The molecule has 1 aromatic rings. The molecular weight excluding hydrogens is 197 g/mol. The van der Waals surface area contributed by atoms with Crippen molar-refractivity contribution in [2.75, 3.05) is 0 Å². The summed E-state index contributed by atoms with van der Waals surface area (Å²) in [4.78, 5) is -0.769. The summed E-state index contributed by atoms with van der Waals surface area (Å²) < 4.78 is 33.4. The van der Waals surface area contributed by atoms with Crippen LogP contribution in [0.2, 0.25) is 0 Å². The van der Waals surface area contributed by atoms with Gasteiger partial charge < -0.3 is 0 Å². The van der Waals surface area contributed by atoms with Crippen molar-refractivity contribution in [3.63, 3.8) is 0 Å². The minimum absolute atomic E-state index is 0.685. The average Bonchev–Trinajstić information content (AvgIpc) is 1.86. The fourth-order valence-electron chi connectivity index (χ4n) is 0.409. The van der Waals surface area contributed by atoms with E-state index in [2.05, 4.69) is 15.4 Å². The lowest BCUT2D eigenvalue weighted by Gasteiger charge is -1.92. The van der Waals surface area contributed by atoms with Gasteiger partial charge in [-0.1, -0.05) is 5.10 Å². The van der Waals surface area contributed by atoms with Gasteiger partial charge in [0.1, 0.15) is 0 Å². The van der Waals surface area contributed by atoms with Crippen LogP contribution in [0.15, 0.2) is 11.1 Å². The summed E-state index contributed by atoms with van der Waals surface area (Å²) in [6, 6.07) is 0. The zero-order chi connectivity index (χ0) is 8.48. The number of aromatic nitrogens is 3. The minimum atomic E-state index is -4.10. The third kappa shape index (κ3) is 1.81. The summed E-state index contributed by atoms with van der Waals surface area (Å²) in [6.45, 7) is 0. The number of rotatable bonds is 1. The largest absolute Gasteiger partial charge is 0.267 e. The van der Waals surface area contributed by atoms with Gasteiger partial charge in [0, 0.05) is 10.7 Å². The molecule has 1 rings (SSSR count). The molecule has 60 valence electrons. The number of nitrogens with zero attached hydrogens (tertiary/aromatic N) is 3. The summed E-state index contributed by atoms with van der Waals surface area (Å²) >= 11 is 0. The van der Waals surface area contributed by atoms with Gasteiger partial charge in [-0.05, 0) is 5.21 Å². The molecule has 0 bridgehead atoms. The Hall–Kier alpha value is -0.820. The lowest BCUT2D eigenvalue weighted by molar-refractivity contribution is 0.510. The molecule has 0 atom stereocenters. The van der Waals surface area contributed by atoms with Crippen LogP contribution in [-0.4, -0.2) is 23.8 Å². The summed E-state index contributed by atoms with van der Waals surface area (Å²) in [5, 5.41) is 8.66. The Kier molecular flexibility index (Phi) is 2.01. The highest BCUT2D eigenvalue weighted by molar-refractivity contribution is 8.13. The SMILES string of the molecule is O=S(=O)(Cl)c1cnnnc1F. The number of hydrogen-bond donors (Lipinski definition) is 0. The van der Waals surface area contributed by atoms with Crippen molar-refractivity contribution < 1.29 is 12.8 Å². The van der Waals surface area contributed by atoms with E-state index >= 15 is 0 Å². The normalized spacial score (nSPS) is 11.5. The van der Waals surface area contributed by atoms with E-state index < -0.39 is 19.9 Å². The molecule has 0 saturated heterocycles. The molecular formula is C3HClFN3O2S. The van der Waals surface area contributed by atoms with Crippen LogP contribution in [0.25, 0.3) is 0 Å². The lowest BCUT2D eigenvalue weighted by atomic mass is 10.7. The van der Waals surface area contributed by atoms with Gasteiger partial charge in [0.15, 0.2) is 4.90 Å². The Balaban J connectivity index is 3.37. The van der Waals surface area contributed by atoms with E-state index in [9.17, 15) is 12.8 Å². The molecule has 0 aliphatic rings. The molecule has 0 aliphatic heterocycles. The van der Waals surface area contributed by atoms with Gasteiger partial charge in [0.25, 0.3) is 15.0 Å². The average molecular weight is 198 g/mol. The van der Waals surface area contributed by atoms with Gasteiger partial charge >= 0.3 is 0 Å². The second kappa shape index (κ2) is 2.67. The molecule has 0 fully saturated rings. The lowest BCUT2D eigenvalue weighted by Crippen LogP contribution is -2.01. The molecule has 5 nitrogen and oxygen atoms in total. The van der Waals surface area contributed by atoms with Crippen LogP contribution in [0.4, 0.5) is 4.39 Å². The van der Waals surface area contributed by atoms with Crippen LogP contribution in [0, 0.1) is 5.95 Å². The highest BCUT2D eigenvalue weighted by Gasteiger charge is 2.17. The van der Waals surface area contributed by atoms with Gasteiger partial charge in [-0.25, -0.2) is 8.42 Å². The zero-order valence-electron chi connectivity index (χ0n) is 4.90. The van der Waals surface area contributed by atoms with E-state index in [4.69, 9.17) is 10.7 Å². The van der Waals surface area contributed by atoms with Crippen molar-refractivity contribution in [3.05, 3.63) is 12.1 Å². The minimum Gasteiger partial charge on any atom is -0.207 e. The Bertz CT molecular complexity index is 367. The third-order valence-electron chi connectivity index (χ3n) is 0.825. The molecule has 0 amide bonds. The Labute approximate surface area is 65.6 Å². The molecule has 0 aliphatic carbocycles. The maximum absolute atomic E-state index is 12.4. The second-order valence-corrected chi connectivity index (χ2v) is 4.06. The first-order valence-electron chi connectivity index (χ1n) is 2.30. The Morgan fingerprint density at radius 2 is 2.18 bits per heavy atom. The Morgan fingerprint density at radius 3 is 2.55 bits per heavy atom. The maximum Gasteiger partial charge on any atom is 0.267 e. The number of hydrogen-bond acceptors (Lipinski definition) is 5. The van der Waals surface area contributed by atoms with Gasteiger partial charge in [-0.15, -0.1) is 5.10 Å². The molecule has 0 radical (unpaired) electrons. The van der Waals surface area contributed by atoms with E-state index in [1.807, 2.05) is 0 Å². The molecule has 11 heavy (non-hydrogen) atoms. The van der Waals surface area contributed by atoms with Gasteiger partial charge in [0.05, 0.1) is 6.20 Å². The predicted molar refractivity (Wildman–Crippen MR) is 32.8 cm³/mol. The standard InChI is InChI=1S/C3HClFN3O2S/c4-11(9,10)2-1-6-8-7-3(2)5/h1H. The highest BCUT2D eigenvalue weighted by atomic mass is 35.7. The molecule has 1 aromatic heterocycles. The van der Waals surface area contributed by atoms with E-state index in [0.29, 0.717) is 6.20 Å². The summed E-state index contributed by atoms with van der Waals surface area (Å²) in [5.74, 6) is -1.25. The smallest absolute Gasteiger partial charge is 0.207 e. The van der Waals surface area contributed by atoms with Crippen molar-refractivity contribution in [2.45, 2.75) is 4.90 Å². The zero-order valence-corrected chi connectivity index (χ0v) is 6.47. The van der Waals surface area contributed by atoms with Crippen LogP contribution < -0.4 is 0 Å². The van der Waals surface area contributed by atoms with Crippen LogP contribution in [0.3, 0.4) is 0 Å². The molecule has 1 heterocycles. The summed E-state index contributed by atoms with van der Waals surface area (Å²) in [7, 11) is 0.687. The predicted octanol–water partition coefficient (Wildman–Crippen LogP) is -0.0618. The fraction of sp³-hybridized carbons (Fsp3) is 0. The second-order valence-electron chi connectivity index (χ2n) is 1.53. The quantitative estimate of drug-likeness (QED) is 0.590. The van der Waals surface area contributed by atoms with E-state index in [1.54, 1.807) is 0 Å². The van der Waals surface area contributed by atoms with Crippen molar-refractivity contribution in [1.82, 2.24) is 15.4 Å². The van der Waals surface area contributed by atoms with Crippen LogP contribution in [0.1, 0.15) is 0 Å². The van der Waals surface area contributed by atoms with Crippen LogP contribution in [0.5, 0.6) is 0 Å². The van der Waals surface area contributed by atoms with E-state index in [-0.39, 0.29) is 0 Å². The van der Waals surface area contributed by atoms with Gasteiger partial charge in [0.2, 0.25) is 0 Å². The topological polar surface area (TPSA) is 72.8 Å². The monoisotopic (exact) mass is 197 g/mol. The van der Waals surface area contributed by atoms with Gasteiger partial charge in [-0.2, -0.15) is 4.39 Å². The van der Waals surface area contributed by atoms with E-state index in [1.165, 1.54) is 0 Å². The molecule has 8 heteroatoms. The molecule has 0 unspecified atom stereocenters. The highest BCUT2D eigenvalue weighted by Crippen LogP contribution is 2.13. The van der Waals surface area contributed by atoms with Crippen molar-refractivity contribution >= 4 is 19.7 Å². The van der Waals surface area contributed by atoms with Crippen molar-refractivity contribution in [1.29, 1.82) is 0 Å². The summed E-state index contributed by atoms with van der Waals surface area (Å²) in [5.41, 5.74) is 0. The Morgan fingerprint density at radius 1 is 1.55 bits per heavy atom. The third-order valence-corrected chi connectivity index (χ3v) is 2.12. The van der Waals surface area contributed by atoms with E-state index in [0.717, 1.165) is 0 Å². The first kappa shape index (κ1) is 8.28. The first-order valence-corrected chi connectivity index (χ1v) is 4.61. The molecule has 0 saturated carbocycles. The van der Waals surface area contributed by atoms with Crippen molar-refractivity contribution in [2.24, 2.45) is 0 Å². The first-order chi connectivity index (χ1) is 5.02. The van der Waals surface area contributed by atoms with Gasteiger partial charge in [-0.3, -0.25) is 0 Å². The van der Waals surface area contributed by atoms with Crippen molar-refractivity contribution in [3.8, 4) is 0 Å².